The molecule has 1 atom stereocenters. The summed E-state index contributed by atoms with van der Waals surface area (Å²) in [5, 5.41) is 18.2. The fraction of sp³-hybridized carbons (Fsp3) is 0.483. The molecule has 2 aromatic carbocycles. The maximum Gasteiger partial charge on any atom is 0.416 e. The largest absolute Gasteiger partial charge is 0.416 e. The molecule has 1 aromatic heterocycles. The minimum absolute atomic E-state index is 0.00807. The Morgan fingerprint density at radius 2 is 1.93 bits per heavy atom. The highest BCUT2D eigenvalue weighted by atomic mass is 19.4. The summed E-state index contributed by atoms with van der Waals surface area (Å²) in [6.45, 7) is 2.85. The second-order valence-corrected chi connectivity index (χ2v) is 11.5. The number of fused-ring (bicyclic) bond motifs is 1. The van der Waals surface area contributed by atoms with Crippen LogP contribution in [0, 0.1) is 0 Å². The summed E-state index contributed by atoms with van der Waals surface area (Å²) in [6.07, 6.45) is -3.34. The van der Waals surface area contributed by atoms with E-state index in [4.69, 9.17) is 4.74 Å². The van der Waals surface area contributed by atoms with Crippen molar-refractivity contribution in [2.45, 2.75) is 56.2 Å². The summed E-state index contributed by atoms with van der Waals surface area (Å²) in [4.78, 5) is 16.8. The Bertz CT molecular complexity index is 1480. The Kier molecular flexibility index (Phi) is 6.70. The van der Waals surface area contributed by atoms with Gasteiger partial charge in [-0.2, -0.15) is 13.2 Å². The molecule has 41 heavy (non-hydrogen) atoms. The van der Waals surface area contributed by atoms with Crippen LogP contribution in [0.1, 0.15) is 64.4 Å². The van der Waals surface area contributed by atoms with Crippen LogP contribution in [0.2, 0.25) is 0 Å². The number of aryl methyl sites for hydroxylation is 1. The lowest BCUT2D eigenvalue weighted by Gasteiger charge is -2.46. The van der Waals surface area contributed by atoms with Gasteiger partial charge in [-0.05, 0) is 47.4 Å². The molecule has 0 bridgehead atoms. The van der Waals surface area contributed by atoms with Crippen LogP contribution in [-0.2, 0) is 36.5 Å². The minimum Gasteiger partial charge on any atom is -0.387 e. The second-order valence-electron chi connectivity index (χ2n) is 11.5. The molecule has 3 aliphatic rings. The summed E-state index contributed by atoms with van der Waals surface area (Å²) in [5.41, 5.74) is -1.47. The van der Waals surface area contributed by atoms with Crippen LogP contribution in [0.5, 0.6) is 0 Å². The molecular weight excluding hydrogens is 542 g/mol. The molecule has 12 heteroatoms. The number of aromatic nitrogens is 3. The zero-order valence-electron chi connectivity index (χ0n) is 22.8. The molecular formula is C29H31F4N5O3. The van der Waals surface area contributed by atoms with Gasteiger partial charge in [0.25, 0.3) is 5.91 Å². The maximum absolute atomic E-state index is 15.8. The molecule has 1 amide bonds. The lowest BCUT2D eigenvalue weighted by molar-refractivity contribution is -0.138. The van der Waals surface area contributed by atoms with Gasteiger partial charge in [0.15, 0.2) is 12.0 Å². The molecule has 0 spiro atoms. The van der Waals surface area contributed by atoms with Crippen LogP contribution in [0.4, 0.5) is 23.2 Å². The zero-order chi connectivity index (χ0) is 29.2. The first-order valence-corrected chi connectivity index (χ1v) is 13.6. The van der Waals surface area contributed by atoms with Gasteiger partial charge >= 0.3 is 6.18 Å². The summed E-state index contributed by atoms with van der Waals surface area (Å²) in [5.74, 6) is -0.402. The summed E-state index contributed by atoms with van der Waals surface area (Å²) >= 11 is 0. The number of hydrogen-bond acceptors (Lipinski definition) is 6. The van der Waals surface area contributed by atoms with Gasteiger partial charge in [0.2, 0.25) is 0 Å². The van der Waals surface area contributed by atoms with E-state index in [2.05, 4.69) is 10.2 Å². The Labute approximate surface area is 234 Å². The monoisotopic (exact) mass is 573 g/mol. The highest BCUT2D eigenvalue weighted by molar-refractivity contribution is 6.10. The first-order chi connectivity index (χ1) is 19.4. The predicted octanol–water partition coefficient (Wildman–Crippen LogP) is 4.32. The highest BCUT2D eigenvalue weighted by Crippen LogP contribution is 2.47. The summed E-state index contributed by atoms with van der Waals surface area (Å²) in [6, 6.07) is 9.33. The molecule has 2 saturated heterocycles. The Morgan fingerprint density at radius 3 is 2.54 bits per heavy atom. The number of nitrogens with zero attached hydrogens (tertiary/aromatic N) is 5. The minimum atomic E-state index is -4.65. The first-order valence-electron chi connectivity index (χ1n) is 13.6. The Hall–Kier alpha value is -3.35. The topological polar surface area (TPSA) is 83.7 Å². The number of carbonyl (C=O) groups excluding carboxylic acids is 1. The first kappa shape index (κ1) is 27.8. The van der Waals surface area contributed by atoms with E-state index in [1.165, 1.54) is 21.9 Å². The molecule has 3 aliphatic heterocycles. The number of rotatable bonds is 8. The molecule has 4 heterocycles. The van der Waals surface area contributed by atoms with E-state index in [0.717, 1.165) is 12.5 Å². The van der Waals surface area contributed by atoms with Crippen molar-refractivity contribution in [3.05, 3.63) is 76.4 Å². The van der Waals surface area contributed by atoms with Crippen LogP contribution in [-0.4, -0.2) is 62.6 Å². The van der Waals surface area contributed by atoms with E-state index in [1.54, 1.807) is 31.3 Å². The normalized spacial score (nSPS) is 20.5. The lowest BCUT2D eigenvalue weighted by atomic mass is 9.74. The highest BCUT2D eigenvalue weighted by Gasteiger charge is 2.51. The van der Waals surface area contributed by atoms with Gasteiger partial charge in [-0.15, -0.1) is 10.2 Å². The van der Waals surface area contributed by atoms with E-state index < -0.39 is 34.8 Å². The number of hydrogen-bond donors (Lipinski definition) is 1. The van der Waals surface area contributed by atoms with Crippen molar-refractivity contribution in [1.29, 1.82) is 0 Å². The number of ether oxygens (including phenoxy) is 1. The van der Waals surface area contributed by atoms with Crippen LogP contribution >= 0.6 is 0 Å². The molecule has 0 radical (unpaired) electrons. The van der Waals surface area contributed by atoms with Crippen LogP contribution in [0.25, 0.3) is 0 Å². The predicted molar refractivity (Wildman–Crippen MR) is 141 cm³/mol. The van der Waals surface area contributed by atoms with Crippen molar-refractivity contribution in [2.75, 3.05) is 31.2 Å². The van der Waals surface area contributed by atoms with Crippen molar-refractivity contribution in [3.63, 3.8) is 0 Å². The van der Waals surface area contributed by atoms with Gasteiger partial charge < -0.3 is 19.3 Å². The van der Waals surface area contributed by atoms with E-state index in [9.17, 15) is 23.1 Å². The number of benzene rings is 2. The molecule has 2 fully saturated rings. The molecule has 218 valence electrons. The van der Waals surface area contributed by atoms with Gasteiger partial charge in [0.05, 0.1) is 36.3 Å². The number of β-amino-alcohol motifs (C(OH)–C–C–N with tert-alkyl or cyclic N) is 1. The average molecular weight is 574 g/mol. The molecule has 3 aromatic rings. The third-order valence-corrected chi connectivity index (χ3v) is 8.47. The molecule has 0 aliphatic carbocycles. The van der Waals surface area contributed by atoms with Crippen molar-refractivity contribution < 1.29 is 32.2 Å². The number of alkyl halides is 4. The van der Waals surface area contributed by atoms with Crippen LogP contribution in [0.3, 0.4) is 0 Å². The average Bonchev–Trinajstić information content (AvgIpc) is 3.45. The SMILES string of the molecule is CCCC1(O)CN(Cc2cc3c(c(C(F)(F)F)c2)CN(c2cccc(C4([C@H](F)c5nncn5C)COC4)c2)C3=O)C1. The van der Waals surface area contributed by atoms with Gasteiger partial charge in [0.1, 0.15) is 6.33 Å². The lowest BCUT2D eigenvalue weighted by Crippen LogP contribution is -2.60. The smallest absolute Gasteiger partial charge is 0.387 e. The van der Waals surface area contributed by atoms with Crippen LogP contribution in [0.15, 0.2) is 42.7 Å². The van der Waals surface area contributed by atoms with E-state index in [1.807, 2.05) is 11.8 Å². The quantitative estimate of drug-likeness (QED) is 0.405. The van der Waals surface area contributed by atoms with E-state index >= 15 is 4.39 Å². The van der Waals surface area contributed by atoms with Crippen molar-refractivity contribution in [2.24, 2.45) is 7.05 Å². The number of carbonyl (C=O) groups is 1. The molecule has 0 unspecified atom stereocenters. The van der Waals surface area contributed by atoms with Crippen molar-refractivity contribution in [1.82, 2.24) is 19.7 Å². The third kappa shape index (κ3) is 4.71. The fourth-order valence-corrected chi connectivity index (χ4v) is 6.33. The molecule has 0 saturated carbocycles. The Morgan fingerprint density at radius 1 is 1.17 bits per heavy atom. The van der Waals surface area contributed by atoms with Gasteiger partial charge in [-0.25, -0.2) is 4.39 Å². The van der Waals surface area contributed by atoms with Crippen molar-refractivity contribution in [3.8, 4) is 0 Å². The molecule has 1 N–H and O–H groups in total. The van der Waals surface area contributed by atoms with Crippen LogP contribution < -0.4 is 4.90 Å². The number of aliphatic hydroxyl groups is 1. The molecule has 8 nitrogen and oxygen atoms in total. The number of anilines is 1. The van der Waals surface area contributed by atoms with E-state index in [-0.39, 0.29) is 43.3 Å². The second kappa shape index (κ2) is 9.88. The van der Waals surface area contributed by atoms with E-state index in [0.29, 0.717) is 36.3 Å². The van der Waals surface area contributed by atoms with Gasteiger partial charge in [-0.1, -0.05) is 25.5 Å². The Balaban J connectivity index is 1.29. The maximum atomic E-state index is 15.8. The van der Waals surface area contributed by atoms with Crippen molar-refractivity contribution >= 4 is 11.6 Å². The number of amides is 1. The summed E-state index contributed by atoms with van der Waals surface area (Å²) < 4.78 is 65.4. The zero-order valence-corrected chi connectivity index (χ0v) is 22.8. The number of likely N-dealkylation sites (tertiary alicyclic amines) is 1. The summed E-state index contributed by atoms with van der Waals surface area (Å²) in [7, 11) is 1.64. The third-order valence-electron chi connectivity index (χ3n) is 8.47. The van der Waals surface area contributed by atoms with Gasteiger partial charge in [-0.3, -0.25) is 9.69 Å². The van der Waals surface area contributed by atoms with Gasteiger partial charge in [0, 0.05) is 37.9 Å². The molecule has 6 rings (SSSR count). The fourth-order valence-electron chi connectivity index (χ4n) is 6.33. The standard InChI is InChI=1S/C29H31F4N5O3/c1-3-7-27(40)13-37(14-27)11-18-8-21-22(23(9-18)29(31,32)33)12-38(26(21)39)20-6-4-5-19(10-20)28(15-41-16-28)24(30)25-35-34-17-36(25)2/h4-6,8-10,17,24,40H,3,7,11-16H2,1-2H3/t24-/m1/s1. The number of halogens is 4.